The van der Waals surface area contributed by atoms with E-state index in [0.717, 1.165) is 18.0 Å². The number of piperidine rings is 1. The monoisotopic (exact) mass is 223 g/mol. The van der Waals surface area contributed by atoms with Crippen molar-refractivity contribution >= 4 is 12.4 Å². The van der Waals surface area contributed by atoms with E-state index in [1.54, 1.807) is 5.56 Å². The number of hydrogen-bond acceptors (Lipinski definition) is 1. The highest BCUT2D eigenvalue weighted by Gasteiger charge is 2.33. The predicted octanol–water partition coefficient (Wildman–Crippen LogP) is 3.11. The van der Waals surface area contributed by atoms with Crippen molar-refractivity contribution in [2.45, 2.75) is 43.7 Å². The summed E-state index contributed by atoms with van der Waals surface area (Å²) in [5.74, 6) is 0.815. The van der Waals surface area contributed by atoms with Crippen LogP contribution in [0.4, 0.5) is 0 Å². The Morgan fingerprint density at radius 3 is 2.13 bits per heavy atom. The topological polar surface area (TPSA) is 12.0 Å². The molecule has 0 spiro atoms. The van der Waals surface area contributed by atoms with Gasteiger partial charge >= 0.3 is 0 Å². The van der Waals surface area contributed by atoms with E-state index in [2.05, 4.69) is 35.6 Å². The molecule has 1 aromatic carbocycles. The van der Waals surface area contributed by atoms with Crippen molar-refractivity contribution in [1.82, 2.24) is 5.32 Å². The number of fused-ring (bicyclic) bond motifs is 2. The maximum absolute atomic E-state index is 3.69. The van der Waals surface area contributed by atoms with Gasteiger partial charge in [-0.15, -0.1) is 12.4 Å². The first kappa shape index (κ1) is 11.0. The van der Waals surface area contributed by atoms with Crippen LogP contribution < -0.4 is 5.32 Å². The van der Waals surface area contributed by atoms with Gasteiger partial charge in [-0.25, -0.2) is 0 Å². The van der Waals surface area contributed by atoms with Gasteiger partial charge in [0.1, 0.15) is 0 Å². The molecule has 82 valence electrons. The van der Waals surface area contributed by atoms with Crippen molar-refractivity contribution in [3.8, 4) is 0 Å². The number of nitrogens with one attached hydrogen (secondary N) is 1. The number of rotatable bonds is 1. The normalized spacial score (nSPS) is 33.5. The van der Waals surface area contributed by atoms with Crippen molar-refractivity contribution in [3.63, 3.8) is 0 Å². The fraction of sp³-hybridized carbons (Fsp3) is 0.538. The van der Waals surface area contributed by atoms with E-state index in [1.807, 2.05) is 0 Å². The number of benzene rings is 1. The molecule has 0 aliphatic carbocycles. The summed E-state index contributed by atoms with van der Waals surface area (Å²) in [5, 5.41) is 3.69. The van der Waals surface area contributed by atoms with E-state index in [-0.39, 0.29) is 12.4 Å². The average molecular weight is 224 g/mol. The van der Waals surface area contributed by atoms with E-state index in [4.69, 9.17) is 0 Å². The second-order valence-corrected chi connectivity index (χ2v) is 4.72. The molecule has 2 saturated heterocycles. The van der Waals surface area contributed by atoms with E-state index < -0.39 is 0 Å². The molecule has 0 saturated carbocycles. The summed E-state index contributed by atoms with van der Waals surface area (Å²) >= 11 is 0. The predicted molar refractivity (Wildman–Crippen MR) is 65.6 cm³/mol. The molecule has 0 radical (unpaired) electrons. The summed E-state index contributed by atoms with van der Waals surface area (Å²) < 4.78 is 0. The van der Waals surface area contributed by atoms with Crippen LogP contribution in [-0.2, 0) is 0 Å². The van der Waals surface area contributed by atoms with Crippen LogP contribution in [0, 0.1) is 0 Å². The second kappa shape index (κ2) is 4.54. The zero-order valence-corrected chi connectivity index (χ0v) is 9.67. The minimum Gasteiger partial charge on any atom is -0.311 e. The van der Waals surface area contributed by atoms with Gasteiger partial charge in [-0.2, -0.15) is 0 Å². The molecule has 2 heteroatoms. The van der Waals surface area contributed by atoms with Gasteiger partial charge in [-0.3, -0.25) is 0 Å². The van der Waals surface area contributed by atoms with Crippen molar-refractivity contribution in [3.05, 3.63) is 35.9 Å². The Labute approximate surface area is 97.7 Å². The summed E-state index contributed by atoms with van der Waals surface area (Å²) in [7, 11) is 0. The van der Waals surface area contributed by atoms with E-state index in [0.29, 0.717) is 0 Å². The molecule has 0 aromatic heterocycles. The Kier molecular flexibility index (Phi) is 3.32. The first-order valence-electron chi connectivity index (χ1n) is 5.73. The quantitative estimate of drug-likeness (QED) is 0.772. The zero-order valence-electron chi connectivity index (χ0n) is 8.86. The smallest absolute Gasteiger partial charge is 0.00760 e. The summed E-state index contributed by atoms with van der Waals surface area (Å²) in [6.45, 7) is 0. The largest absolute Gasteiger partial charge is 0.311 e. The Balaban J connectivity index is 0.000000853. The molecule has 1 nitrogen and oxygen atoms in total. The van der Waals surface area contributed by atoms with E-state index in [9.17, 15) is 0 Å². The third-order valence-corrected chi connectivity index (χ3v) is 3.74. The first-order valence-corrected chi connectivity index (χ1v) is 5.73. The molecule has 15 heavy (non-hydrogen) atoms. The van der Waals surface area contributed by atoms with Crippen molar-refractivity contribution in [2.24, 2.45) is 0 Å². The molecule has 2 aliphatic rings. The SMILES string of the molecule is Cl.c1ccc(C2C[C@H]3CC[C@@H](C2)N3)cc1. The average Bonchev–Trinajstić information content (AvgIpc) is 2.59. The summed E-state index contributed by atoms with van der Waals surface area (Å²) in [4.78, 5) is 0. The van der Waals surface area contributed by atoms with Gasteiger partial charge in [-0.1, -0.05) is 30.3 Å². The van der Waals surface area contributed by atoms with Crippen molar-refractivity contribution < 1.29 is 0 Å². The molecule has 2 aliphatic heterocycles. The van der Waals surface area contributed by atoms with Crippen LogP contribution in [-0.4, -0.2) is 12.1 Å². The molecule has 2 bridgehead atoms. The third-order valence-electron chi connectivity index (χ3n) is 3.74. The Hall–Kier alpha value is -0.530. The number of halogens is 1. The minimum absolute atomic E-state index is 0. The highest BCUT2D eigenvalue weighted by atomic mass is 35.5. The Morgan fingerprint density at radius 1 is 0.933 bits per heavy atom. The van der Waals surface area contributed by atoms with Gasteiger partial charge in [-0.05, 0) is 37.2 Å². The highest BCUT2D eigenvalue weighted by molar-refractivity contribution is 5.85. The fourth-order valence-corrected chi connectivity index (χ4v) is 3.05. The van der Waals surface area contributed by atoms with Gasteiger partial charge in [0.05, 0.1) is 0 Å². The Bertz CT molecular complexity index is 300. The highest BCUT2D eigenvalue weighted by Crippen LogP contribution is 2.36. The van der Waals surface area contributed by atoms with Gasteiger partial charge in [0.2, 0.25) is 0 Å². The first-order chi connectivity index (χ1) is 6.92. The maximum atomic E-state index is 3.69. The van der Waals surface area contributed by atoms with Crippen molar-refractivity contribution in [1.29, 1.82) is 0 Å². The third kappa shape index (κ3) is 2.19. The standard InChI is InChI=1S/C13H17N.ClH/c1-2-4-10(5-3-1)11-8-12-6-7-13(9-11)14-12;/h1-5,11-14H,6-9H2;1H/t11?,12-,13+;. The lowest BCUT2D eigenvalue weighted by molar-refractivity contribution is 0.363. The van der Waals surface area contributed by atoms with Crippen molar-refractivity contribution in [2.75, 3.05) is 0 Å². The molecule has 3 rings (SSSR count). The van der Waals surface area contributed by atoms with E-state index in [1.165, 1.54) is 25.7 Å². The molecule has 1 unspecified atom stereocenters. The summed E-state index contributed by atoms with van der Waals surface area (Å²) in [6.07, 6.45) is 5.49. The van der Waals surface area contributed by atoms with Crippen LogP contribution >= 0.6 is 12.4 Å². The minimum atomic E-state index is 0. The van der Waals surface area contributed by atoms with Crippen LogP contribution in [0.3, 0.4) is 0 Å². The van der Waals surface area contributed by atoms with Crippen LogP contribution in [0.25, 0.3) is 0 Å². The number of hydrogen-bond donors (Lipinski definition) is 1. The molecular weight excluding hydrogens is 206 g/mol. The molecule has 0 amide bonds. The molecule has 3 atom stereocenters. The zero-order chi connectivity index (χ0) is 9.38. The van der Waals surface area contributed by atoms with Crippen LogP contribution in [0.15, 0.2) is 30.3 Å². The van der Waals surface area contributed by atoms with Crippen LogP contribution in [0.5, 0.6) is 0 Å². The fourth-order valence-electron chi connectivity index (χ4n) is 3.05. The lowest BCUT2D eigenvalue weighted by atomic mass is 9.86. The molecule has 1 aromatic rings. The lowest BCUT2D eigenvalue weighted by Crippen LogP contribution is -2.37. The van der Waals surface area contributed by atoms with Gasteiger partial charge in [0, 0.05) is 12.1 Å². The lowest BCUT2D eigenvalue weighted by Gasteiger charge is -2.29. The van der Waals surface area contributed by atoms with E-state index >= 15 is 0 Å². The van der Waals surface area contributed by atoms with Gasteiger partial charge < -0.3 is 5.32 Å². The molecule has 2 heterocycles. The maximum Gasteiger partial charge on any atom is 0.00760 e. The Morgan fingerprint density at radius 2 is 1.53 bits per heavy atom. The molecule has 2 fully saturated rings. The molecular formula is C13H18ClN. The summed E-state index contributed by atoms with van der Waals surface area (Å²) in [5.41, 5.74) is 1.55. The summed E-state index contributed by atoms with van der Waals surface area (Å²) in [6, 6.07) is 12.6. The van der Waals surface area contributed by atoms with Gasteiger partial charge in [0.15, 0.2) is 0 Å². The van der Waals surface area contributed by atoms with Crippen LogP contribution in [0.1, 0.15) is 37.2 Å². The molecule has 1 N–H and O–H groups in total. The van der Waals surface area contributed by atoms with Gasteiger partial charge in [0.25, 0.3) is 0 Å². The second-order valence-electron chi connectivity index (χ2n) is 4.72. The van der Waals surface area contributed by atoms with Crippen LogP contribution in [0.2, 0.25) is 0 Å².